The van der Waals surface area contributed by atoms with Gasteiger partial charge < -0.3 is 10.2 Å². The van der Waals surface area contributed by atoms with Gasteiger partial charge in [0.05, 0.1) is 18.1 Å². The molecule has 2 rings (SSSR count). The zero-order valence-corrected chi connectivity index (χ0v) is 15.3. The number of rotatable bonds is 7. The molecule has 8 heteroatoms. The summed E-state index contributed by atoms with van der Waals surface area (Å²) in [5, 5.41) is 2.86. The third-order valence-corrected chi connectivity index (χ3v) is 6.57. The summed E-state index contributed by atoms with van der Waals surface area (Å²) in [4.78, 5) is 27.5. The van der Waals surface area contributed by atoms with Gasteiger partial charge in [-0.25, -0.2) is 8.42 Å². The zero-order valence-electron chi connectivity index (χ0n) is 14.5. The number of sulfone groups is 1. The van der Waals surface area contributed by atoms with Crippen LogP contribution in [-0.2, 0) is 19.4 Å². The number of nitrogens with zero attached hydrogens (tertiary/aromatic N) is 2. The van der Waals surface area contributed by atoms with E-state index in [0.717, 1.165) is 32.2 Å². The van der Waals surface area contributed by atoms with E-state index in [1.807, 2.05) is 9.80 Å². The molecule has 1 atom stereocenters. The third-order valence-electron chi connectivity index (χ3n) is 4.82. The SMILES string of the molecule is CN(CC(=O)NCCCN1CCCCCC1=O)C1CCS(=O)(=O)C1. The molecule has 138 valence electrons. The highest BCUT2D eigenvalue weighted by molar-refractivity contribution is 7.91. The highest BCUT2D eigenvalue weighted by Crippen LogP contribution is 2.16. The lowest BCUT2D eigenvalue weighted by atomic mass is 10.2. The largest absolute Gasteiger partial charge is 0.355 e. The molecule has 2 heterocycles. The van der Waals surface area contributed by atoms with Gasteiger partial charge in [-0.1, -0.05) is 6.42 Å². The van der Waals surface area contributed by atoms with Crippen molar-refractivity contribution in [2.45, 2.75) is 44.6 Å². The molecule has 0 spiro atoms. The first kappa shape index (κ1) is 19.2. The summed E-state index contributed by atoms with van der Waals surface area (Å²) < 4.78 is 23.0. The van der Waals surface area contributed by atoms with Crippen LogP contribution in [0.5, 0.6) is 0 Å². The van der Waals surface area contributed by atoms with Crippen molar-refractivity contribution in [1.29, 1.82) is 0 Å². The van der Waals surface area contributed by atoms with E-state index in [1.54, 1.807) is 7.05 Å². The van der Waals surface area contributed by atoms with Crippen molar-refractivity contribution in [2.24, 2.45) is 0 Å². The van der Waals surface area contributed by atoms with Crippen LogP contribution in [0.25, 0.3) is 0 Å². The summed E-state index contributed by atoms with van der Waals surface area (Å²) in [5.41, 5.74) is 0. The van der Waals surface area contributed by atoms with Crippen LogP contribution in [0.4, 0.5) is 0 Å². The first-order chi connectivity index (χ1) is 11.4. The summed E-state index contributed by atoms with van der Waals surface area (Å²) >= 11 is 0. The molecule has 1 unspecified atom stereocenters. The number of nitrogens with one attached hydrogen (secondary N) is 1. The molecule has 2 aliphatic rings. The van der Waals surface area contributed by atoms with E-state index in [-0.39, 0.29) is 35.9 Å². The second-order valence-corrected chi connectivity index (χ2v) is 9.10. The predicted molar refractivity (Wildman–Crippen MR) is 92.4 cm³/mol. The summed E-state index contributed by atoms with van der Waals surface area (Å²) in [6.07, 6.45) is 5.15. The Kier molecular flexibility index (Phi) is 7.03. The molecule has 7 nitrogen and oxygen atoms in total. The Morgan fingerprint density at radius 2 is 2.12 bits per heavy atom. The minimum absolute atomic E-state index is 0.0597. The van der Waals surface area contributed by atoms with Gasteiger partial charge >= 0.3 is 0 Å². The fraction of sp³-hybridized carbons (Fsp3) is 0.875. The lowest BCUT2D eigenvalue weighted by Gasteiger charge is -2.23. The van der Waals surface area contributed by atoms with Gasteiger partial charge in [-0.15, -0.1) is 0 Å². The van der Waals surface area contributed by atoms with Crippen molar-refractivity contribution < 1.29 is 18.0 Å². The number of likely N-dealkylation sites (N-methyl/N-ethyl adjacent to an activating group) is 1. The number of likely N-dealkylation sites (tertiary alicyclic amines) is 1. The van der Waals surface area contributed by atoms with Gasteiger partial charge in [0.25, 0.3) is 0 Å². The molecule has 0 saturated carbocycles. The lowest BCUT2D eigenvalue weighted by molar-refractivity contribution is -0.130. The van der Waals surface area contributed by atoms with E-state index in [9.17, 15) is 18.0 Å². The van der Waals surface area contributed by atoms with Gasteiger partial charge in [0, 0.05) is 32.1 Å². The highest BCUT2D eigenvalue weighted by Gasteiger charge is 2.31. The maximum Gasteiger partial charge on any atom is 0.234 e. The van der Waals surface area contributed by atoms with E-state index in [0.29, 0.717) is 25.9 Å². The molecule has 0 bridgehead atoms. The minimum Gasteiger partial charge on any atom is -0.355 e. The molecule has 0 aliphatic carbocycles. The summed E-state index contributed by atoms with van der Waals surface area (Å²) in [5.74, 6) is 0.492. The van der Waals surface area contributed by atoms with Crippen LogP contribution in [0.15, 0.2) is 0 Å². The van der Waals surface area contributed by atoms with Crippen molar-refractivity contribution in [3.63, 3.8) is 0 Å². The quantitative estimate of drug-likeness (QED) is 0.647. The van der Waals surface area contributed by atoms with Crippen LogP contribution in [-0.4, -0.2) is 80.8 Å². The lowest BCUT2D eigenvalue weighted by Crippen LogP contribution is -2.42. The highest BCUT2D eigenvalue weighted by atomic mass is 32.2. The second kappa shape index (κ2) is 8.80. The molecule has 2 amide bonds. The average molecular weight is 359 g/mol. The molecule has 1 N–H and O–H groups in total. The molecule has 2 aliphatic heterocycles. The molecule has 2 fully saturated rings. The van der Waals surface area contributed by atoms with Gasteiger partial charge in [0.1, 0.15) is 0 Å². The third kappa shape index (κ3) is 6.05. The monoisotopic (exact) mass is 359 g/mol. The molecule has 2 saturated heterocycles. The van der Waals surface area contributed by atoms with Crippen LogP contribution < -0.4 is 5.32 Å². The minimum atomic E-state index is -2.93. The smallest absolute Gasteiger partial charge is 0.234 e. The van der Waals surface area contributed by atoms with Crippen LogP contribution in [0.3, 0.4) is 0 Å². The molecule has 0 aromatic heterocycles. The maximum absolute atomic E-state index is 12.0. The molecule has 0 aromatic rings. The molecule has 0 radical (unpaired) electrons. The molecule has 24 heavy (non-hydrogen) atoms. The number of carbonyl (C=O) groups excluding carboxylic acids is 2. The van der Waals surface area contributed by atoms with Crippen LogP contribution in [0.2, 0.25) is 0 Å². The fourth-order valence-corrected chi connectivity index (χ4v) is 5.11. The van der Waals surface area contributed by atoms with Gasteiger partial charge in [0.15, 0.2) is 9.84 Å². The Morgan fingerprint density at radius 3 is 2.83 bits per heavy atom. The first-order valence-corrected chi connectivity index (χ1v) is 10.6. The topological polar surface area (TPSA) is 86.8 Å². The molecular weight excluding hydrogens is 330 g/mol. The summed E-state index contributed by atoms with van der Waals surface area (Å²) in [7, 11) is -1.14. The first-order valence-electron chi connectivity index (χ1n) is 8.82. The number of hydrogen-bond acceptors (Lipinski definition) is 5. The van der Waals surface area contributed by atoms with Crippen LogP contribution >= 0.6 is 0 Å². The van der Waals surface area contributed by atoms with Crippen molar-refractivity contribution in [3.05, 3.63) is 0 Å². The van der Waals surface area contributed by atoms with Crippen LogP contribution in [0.1, 0.15) is 38.5 Å². The van der Waals surface area contributed by atoms with E-state index < -0.39 is 9.84 Å². The molecule has 0 aromatic carbocycles. The Labute approximate surface area is 144 Å². The predicted octanol–water partition coefficient (Wildman–Crippen LogP) is 0.0142. The molecular formula is C16H29N3O4S. The Morgan fingerprint density at radius 1 is 1.33 bits per heavy atom. The standard InChI is InChI=1S/C16H29N3O4S/c1-18(14-7-11-24(22,23)13-14)12-15(20)17-8-5-10-19-9-4-2-3-6-16(19)21/h14H,2-13H2,1H3,(H,17,20). The number of carbonyl (C=O) groups is 2. The second-order valence-electron chi connectivity index (χ2n) is 6.87. The summed E-state index contributed by atoms with van der Waals surface area (Å²) in [6, 6.07) is -0.0597. The van der Waals surface area contributed by atoms with Crippen LogP contribution in [0, 0.1) is 0 Å². The Balaban J connectivity index is 1.62. The summed E-state index contributed by atoms with van der Waals surface area (Å²) in [6.45, 7) is 2.27. The van der Waals surface area contributed by atoms with E-state index >= 15 is 0 Å². The van der Waals surface area contributed by atoms with Crippen molar-refractivity contribution in [3.8, 4) is 0 Å². The van der Waals surface area contributed by atoms with Gasteiger partial charge in [0.2, 0.25) is 11.8 Å². The Bertz CT molecular complexity index is 550. The fourth-order valence-electron chi connectivity index (χ4n) is 3.31. The maximum atomic E-state index is 12.0. The van der Waals surface area contributed by atoms with Crippen molar-refractivity contribution in [1.82, 2.24) is 15.1 Å². The average Bonchev–Trinajstić information content (AvgIpc) is 2.76. The van der Waals surface area contributed by atoms with Crippen molar-refractivity contribution >= 4 is 21.7 Å². The van der Waals surface area contributed by atoms with Gasteiger partial charge in [-0.3, -0.25) is 14.5 Å². The van der Waals surface area contributed by atoms with E-state index in [1.165, 1.54) is 0 Å². The normalized spacial score (nSPS) is 24.2. The zero-order chi connectivity index (χ0) is 17.6. The number of hydrogen-bond donors (Lipinski definition) is 1. The van der Waals surface area contributed by atoms with E-state index in [4.69, 9.17) is 0 Å². The van der Waals surface area contributed by atoms with E-state index in [2.05, 4.69) is 5.32 Å². The van der Waals surface area contributed by atoms with Gasteiger partial charge in [-0.2, -0.15) is 0 Å². The van der Waals surface area contributed by atoms with Gasteiger partial charge in [-0.05, 0) is 32.7 Å². The van der Waals surface area contributed by atoms with Crippen molar-refractivity contribution in [2.75, 3.05) is 44.7 Å². The number of amides is 2. The Hall–Kier alpha value is -1.15.